The van der Waals surface area contributed by atoms with Gasteiger partial charge in [-0.25, -0.2) is 4.79 Å². The number of ether oxygens (including phenoxy) is 2. The molecule has 24 heavy (non-hydrogen) atoms. The van der Waals surface area contributed by atoms with Crippen molar-refractivity contribution in [3.05, 3.63) is 0 Å². The number of rotatable bonds is 1. The molecule has 6 heteroatoms. The summed E-state index contributed by atoms with van der Waals surface area (Å²) in [5.41, 5.74) is -0.501. The number of nitrogens with zero attached hydrogens (tertiary/aromatic N) is 2. The highest BCUT2D eigenvalue weighted by atomic mass is 16.6. The number of carbonyl (C=O) groups is 2. The van der Waals surface area contributed by atoms with E-state index in [4.69, 9.17) is 9.47 Å². The van der Waals surface area contributed by atoms with E-state index in [0.717, 1.165) is 19.3 Å². The van der Waals surface area contributed by atoms with Crippen LogP contribution >= 0.6 is 0 Å². The average Bonchev–Trinajstić information content (AvgIpc) is 3.02. The normalized spacial score (nSPS) is 30.9. The topological polar surface area (TPSA) is 59.1 Å². The summed E-state index contributed by atoms with van der Waals surface area (Å²) in [7, 11) is 0. The highest BCUT2D eigenvalue weighted by Crippen LogP contribution is 2.31. The maximum Gasteiger partial charge on any atom is 0.410 e. The van der Waals surface area contributed by atoms with E-state index in [1.54, 1.807) is 4.90 Å². The Bertz CT molecular complexity index is 486. The molecule has 0 aromatic rings. The summed E-state index contributed by atoms with van der Waals surface area (Å²) in [6.07, 6.45) is 5.09. The van der Waals surface area contributed by atoms with Gasteiger partial charge in [-0.05, 0) is 40.0 Å². The van der Waals surface area contributed by atoms with E-state index >= 15 is 0 Å². The smallest absolute Gasteiger partial charge is 0.410 e. The van der Waals surface area contributed by atoms with Gasteiger partial charge in [0.05, 0.1) is 24.7 Å². The molecule has 3 rings (SSSR count). The van der Waals surface area contributed by atoms with Crippen LogP contribution in [0.3, 0.4) is 0 Å². The molecule has 0 aromatic carbocycles. The first kappa shape index (κ1) is 17.5. The van der Waals surface area contributed by atoms with Crippen molar-refractivity contribution in [3.63, 3.8) is 0 Å². The first-order chi connectivity index (χ1) is 11.3. The minimum atomic E-state index is -0.501. The Morgan fingerprint density at radius 1 is 1.08 bits per heavy atom. The van der Waals surface area contributed by atoms with Crippen LogP contribution in [-0.4, -0.2) is 65.8 Å². The van der Waals surface area contributed by atoms with Crippen LogP contribution in [0.4, 0.5) is 4.79 Å². The van der Waals surface area contributed by atoms with Crippen molar-refractivity contribution in [2.24, 2.45) is 5.92 Å². The third-order valence-corrected chi connectivity index (χ3v) is 5.20. The summed E-state index contributed by atoms with van der Waals surface area (Å²) in [6, 6.07) is 0.232. The number of amides is 2. The van der Waals surface area contributed by atoms with E-state index < -0.39 is 5.60 Å². The van der Waals surface area contributed by atoms with Crippen LogP contribution in [0.1, 0.15) is 52.9 Å². The first-order valence-corrected chi connectivity index (χ1v) is 9.25. The minimum absolute atomic E-state index is 0.0989. The molecule has 3 fully saturated rings. The van der Waals surface area contributed by atoms with Gasteiger partial charge in [0, 0.05) is 19.6 Å². The zero-order valence-electron chi connectivity index (χ0n) is 15.1. The predicted octanol–water partition coefficient (Wildman–Crippen LogP) is 2.41. The highest BCUT2D eigenvalue weighted by Gasteiger charge is 2.41. The van der Waals surface area contributed by atoms with Gasteiger partial charge in [0.25, 0.3) is 0 Å². The van der Waals surface area contributed by atoms with Gasteiger partial charge < -0.3 is 19.3 Å². The lowest BCUT2D eigenvalue weighted by atomic mass is 9.89. The Balaban J connectivity index is 1.59. The zero-order valence-corrected chi connectivity index (χ0v) is 15.1. The molecule has 2 amide bonds. The molecule has 0 unspecified atom stereocenters. The molecule has 0 aromatic heterocycles. The van der Waals surface area contributed by atoms with Crippen LogP contribution < -0.4 is 0 Å². The molecule has 3 aliphatic rings. The van der Waals surface area contributed by atoms with Crippen LogP contribution in [0.25, 0.3) is 0 Å². The summed E-state index contributed by atoms with van der Waals surface area (Å²) in [6.45, 7) is 7.98. The second kappa shape index (κ2) is 6.90. The second-order valence-electron chi connectivity index (χ2n) is 8.20. The maximum atomic E-state index is 13.0. The largest absolute Gasteiger partial charge is 0.444 e. The van der Waals surface area contributed by atoms with Gasteiger partial charge in [0.2, 0.25) is 5.91 Å². The Kier molecular flexibility index (Phi) is 5.04. The summed E-state index contributed by atoms with van der Waals surface area (Å²) >= 11 is 0. The molecule has 2 heterocycles. The lowest BCUT2D eigenvalue weighted by Gasteiger charge is -2.44. The molecule has 136 valence electrons. The summed E-state index contributed by atoms with van der Waals surface area (Å²) in [5.74, 6) is 0.0967. The molecule has 0 spiro atoms. The fraction of sp³-hybridized carbons (Fsp3) is 0.889. The molecule has 0 radical (unpaired) electrons. The SMILES string of the molecule is CC(C)(C)OC(=O)N1CC[C@H](C(=O)N2CCO[C@@H]3CCCC[C@H]32)C1. The van der Waals surface area contributed by atoms with Crippen molar-refractivity contribution in [3.8, 4) is 0 Å². The van der Waals surface area contributed by atoms with E-state index in [1.165, 1.54) is 12.8 Å². The van der Waals surface area contributed by atoms with Crippen molar-refractivity contribution in [1.82, 2.24) is 9.80 Å². The van der Waals surface area contributed by atoms with Crippen LogP contribution in [0.15, 0.2) is 0 Å². The van der Waals surface area contributed by atoms with Crippen LogP contribution in [0, 0.1) is 5.92 Å². The lowest BCUT2D eigenvalue weighted by molar-refractivity contribution is -0.153. The van der Waals surface area contributed by atoms with Gasteiger partial charge in [-0.3, -0.25) is 4.79 Å². The zero-order chi connectivity index (χ0) is 17.3. The van der Waals surface area contributed by atoms with Crippen molar-refractivity contribution >= 4 is 12.0 Å². The standard InChI is InChI=1S/C18H30N2O4/c1-18(2,3)24-17(22)19-9-8-13(12-19)16(21)20-10-11-23-15-7-5-4-6-14(15)20/h13-15H,4-12H2,1-3H3/t13-,14+,15+/m0/s1. The number of likely N-dealkylation sites (tertiary alicyclic amines) is 1. The number of hydrogen-bond acceptors (Lipinski definition) is 4. The van der Waals surface area contributed by atoms with Gasteiger partial charge >= 0.3 is 6.09 Å². The highest BCUT2D eigenvalue weighted by molar-refractivity contribution is 5.81. The lowest BCUT2D eigenvalue weighted by Crippen LogP contribution is -2.56. The van der Waals surface area contributed by atoms with E-state index in [9.17, 15) is 9.59 Å². The third-order valence-electron chi connectivity index (χ3n) is 5.20. The molecule has 1 saturated carbocycles. The molecule has 6 nitrogen and oxygen atoms in total. The molecule has 2 aliphatic heterocycles. The Labute approximate surface area is 144 Å². The molecule has 2 saturated heterocycles. The van der Waals surface area contributed by atoms with E-state index in [-0.39, 0.29) is 30.1 Å². The molecule has 1 aliphatic carbocycles. The molecule has 0 N–H and O–H groups in total. The molecular weight excluding hydrogens is 308 g/mol. The summed E-state index contributed by atoms with van der Waals surface area (Å²) < 4.78 is 11.3. The molecule has 3 atom stereocenters. The number of carbonyl (C=O) groups excluding carboxylic acids is 2. The van der Waals surface area contributed by atoms with Gasteiger partial charge in [-0.15, -0.1) is 0 Å². The second-order valence-corrected chi connectivity index (χ2v) is 8.20. The van der Waals surface area contributed by atoms with E-state index in [1.807, 2.05) is 25.7 Å². The average molecular weight is 338 g/mol. The van der Waals surface area contributed by atoms with Crippen LogP contribution in [0.5, 0.6) is 0 Å². The third kappa shape index (κ3) is 3.85. The van der Waals surface area contributed by atoms with Crippen molar-refractivity contribution < 1.29 is 19.1 Å². The van der Waals surface area contributed by atoms with Gasteiger partial charge in [-0.1, -0.05) is 12.8 Å². The van der Waals surface area contributed by atoms with Crippen LogP contribution in [0.2, 0.25) is 0 Å². The van der Waals surface area contributed by atoms with Crippen molar-refractivity contribution in [1.29, 1.82) is 0 Å². The van der Waals surface area contributed by atoms with Gasteiger partial charge in [-0.2, -0.15) is 0 Å². The monoisotopic (exact) mass is 338 g/mol. The number of morpholine rings is 1. The quantitative estimate of drug-likeness (QED) is 0.737. The van der Waals surface area contributed by atoms with Gasteiger partial charge in [0.15, 0.2) is 0 Å². The fourth-order valence-corrected chi connectivity index (χ4v) is 4.06. The minimum Gasteiger partial charge on any atom is -0.444 e. The van der Waals surface area contributed by atoms with Crippen molar-refractivity contribution in [2.45, 2.75) is 70.6 Å². The Morgan fingerprint density at radius 3 is 2.58 bits per heavy atom. The summed E-state index contributed by atoms with van der Waals surface area (Å²) in [5, 5.41) is 0. The summed E-state index contributed by atoms with van der Waals surface area (Å²) in [4.78, 5) is 28.9. The number of fused-ring (bicyclic) bond motifs is 1. The molecule has 0 bridgehead atoms. The predicted molar refractivity (Wildman–Crippen MR) is 89.6 cm³/mol. The van der Waals surface area contributed by atoms with Crippen LogP contribution in [-0.2, 0) is 14.3 Å². The fourth-order valence-electron chi connectivity index (χ4n) is 4.06. The van der Waals surface area contributed by atoms with E-state index in [2.05, 4.69) is 0 Å². The Hall–Kier alpha value is -1.30. The Morgan fingerprint density at radius 2 is 1.83 bits per heavy atom. The number of hydrogen-bond donors (Lipinski definition) is 0. The van der Waals surface area contributed by atoms with Gasteiger partial charge in [0.1, 0.15) is 5.60 Å². The van der Waals surface area contributed by atoms with Crippen molar-refractivity contribution in [2.75, 3.05) is 26.2 Å². The molecular formula is C18H30N2O4. The maximum absolute atomic E-state index is 13.0. The first-order valence-electron chi connectivity index (χ1n) is 9.25. The van der Waals surface area contributed by atoms with E-state index in [0.29, 0.717) is 26.2 Å².